The van der Waals surface area contributed by atoms with Gasteiger partial charge in [0.2, 0.25) is 0 Å². The number of morpholine rings is 1. The molecule has 0 aliphatic carbocycles. The number of rotatable bonds is 2. The van der Waals surface area contributed by atoms with E-state index in [1.807, 2.05) is 6.07 Å². The van der Waals surface area contributed by atoms with Crippen molar-refractivity contribution in [3.05, 3.63) is 23.1 Å². The third-order valence-corrected chi connectivity index (χ3v) is 2.80. The maximum absolute atomic E-state index is 5.73. The van der Waals surface area contributed by atoms with E-state index in [-0.39, 0.29) is 6.04 Å². The van der Waals surface area contributed by atoms with Crippen LogP contribution in [0.2, 0.25) is 5.22 Å². The van der Waals surface area contributed by atoms with Gasteiger partial charge in [0.15, 0.2) is 5.22 Å². The van der Waals surface area contributed by atoms with Gasteiger partial charge in [-0.1, -0.05) is 0 Å². The Labute approximate surface area is 88.6 Å². The number of nitrogens with zero attached hydrogens (tertiary/aromatic N) is 1. The van der Waals surface area contributed by atoms with Crippen molar-refractivity contribution in [3.8, 4) is 0 Å². The van der Waals surface area contributed by atoms with Gasteiger partial charge in [-0.05, 0) is 30.7 Å². The van der Waals surface area contributed by atoms with Crippen molar-refractivity contribution in [2.75, 3.05) is 26.3 Å². The lowest BCUT2D eigenvalue weighted by Crippen LogP contribution is -2.37. The summed E-state index contributed by atoms with van der Waals surface area (Å²) in [5.74, 6) is 0.928. The van der Waals surface area contributed by atoms with Gasteiger partial charge in [0.25, 0.3) is 0 Å². The van der Waals surface area contributed by atoms with Crippen LogP contribution < -0.4 is 0 Å². The first-order valence-electron chi connectivity index (χ1n) is 4.84. The molecule has 2 heterocycles. The van der Waals surface area contributed by atoms with Crippen molar-refractivity contribution in [2.45, 2.75) is 13.0 Å². The summed E-state index contributed by atoms with van der Waals surface area (Å²) < 4.78 is 10.7. The molecule has 2 rings (SSSR count). The monoisotopic (exact) mass is 215 g/mol. The van der Waals surface area contributed by atoms with E-state index in [1.165, 1.54) is 0 Å². The lowest BCUT2D eigenvalue weighted by Gasteiger charge is -2.30. The second kappa shape index (κ2) is 4.34. The molecule has 0 N–H and O–H groups in total. The molecular weight excluding hydrogens is 202 g/mol. The fourth-order valence-electron chi connectivity index (χ4n) is 1.70. The predicted molar refractivity (Wildman–Crippen MR) is 54.5 cm³/mol. The third kappa shape index (κ3) is 2.11. The van der Waals surface area contributed by atoms with Crippen LogP contribution in [-0.2, 0) is 4.74 Å². The molecule has 78 valence electrons. The number of furan rings is 1. The van der Waals surface area contributed by atoms with Gasteiger partial charge in [0.1, 0.15) is 5.76 Å². The van der Waals surface area contributed by atoms with Crippen LogP contribution in [0.4, 0.5) is 0 Å². The lowest BCUT2D eigenvalue weighted by atomic mass is 10.2. The maximum Gasteiger partial charge on any atom is 0.193 e. The smallest absolute Gasteiger partial charge is 0.193 e. The number of ether oxygens (including phenoxy) is 1. The van der Waals surface area contributed by atoms with Gasteiger partial charge in [-0.15, -0.1) is 0 Å². The van der Waals surface area contributed by atoms with Gasteiger partial charge in [-0.25, -0.2) is 0 Å². The van der Waals surface area contributed by atoms with Gasteiger partial charge in [-0.3, -0.25) is 4.90 Å². The normalized spacial score (nSPS) is 21.0. The Bertz CT molecular complexity index is 294. The van der Waals surface area contributed by atoms with Crippen LogP contribution in [0.1, 0.15) is 18.7 Å². The topological polar surface area (TPSA) is 25.6 Å². The highest BCUT2D eigenvalue weighted by molar-refractivity contribution is 6.28. The minimum Gasteiger partial charge on any atom is -0.448 e. The van der Waals surface area contributed by atoms with Crippen molar-refractivity contribution in [2.24, 2.45) is 0 Å². The van der Waals surface area contributed by atoms with Crippen LogP contribution in [0.25, 0.3) is 0 Å². The highest BCUT2D eigenvalue weighted by Gasteiger charge is 2.20. The fourth-order valence-corrected chi connectivity index (χ4v) is 1.85. The molecule has 1 aliphatic heterocycles. The molecule has 1 aliphatic rings. The largest absolute Gasteiger partial charge is 0.448 e. The zero-order chi connectivity index (χ0) is 9.97. The molecule has 3 nitrogen and oxygen atoms in total. The molecule has 0 radical (unpaired) electrons. The molecular formula is C10H14ClNO2. The quantitative estimate of drug-likeness (QED) is 0.757. The van der Waals surface area contributed by atoms with Crippen molar-refractivity contribution < 1.29 is 9.15 Å². The summed E-state index contributed by atoms with van der Waals surface area (Å²) >= 11 is 5.73. The molecule has 0 aromatic carbocycles. The van der Waals surface area contributed by atoms with Gasteiger partial charge in [0.05, 0.1) is 19.3 Å². The number of halogens is 1. The molecule has 14 heavy (non-hydrogen) atoms. The molecule has 1 fully saturated rings. The van der Waals surface area contributed by atoms with Crippen LogP contribution in [0.3, 0.4) is 0 Å². The van der Waals surface area contributed by atoms with Gasteiger partial charge < -0.3 is 9.15 Å². The van der Waals surface area contributed by atoms with E-state index in [0.29, 0.717) is 5.22 Å². The Balaban J connectivity index is 2.03. The van der Waals surface area contributed by atoms with Crippen molar-refractivity contribution in [1.82, 2.24) is 4.90 Å². The highest BCUT2D eigenvalue weighted by Crippen LogP contribution is 2.24. The Morgan fingerprint density at radius 2 is 2.07 bits per heavy atom. The molecule has 4 heteroatoms. The second-order valence-electron chi connectivity index (χ2n) is 3.47. The fraction of sp³-hybridized carbons (Fsp3) is 0.600. The van der Waals surface area contributed by atoms with Gasteiger partial charge in [-0.2, -0.15) is 0 Å². The second-order valence-corrected chi connectivity index (χ2v) is 3.84. The van der Waals surface area contributed by atoms with E-state index < -0.39 is 0 Å². The molecule has 0 spiro atoms. The van der Waals surface area contributed by atoms with Crippen LogP contribution in [0.15, 0.2) is 16.5 Å². The first-order chi connectivity index (χ1) is 6.77. The van der Waals surface area contributed by atoms with Gasteiger partial charge in [0, 0.05) is 13.1 Å². The molecule has 0 bridgehead atoms. The van der Waals surface area contributed by atoms with Crippen molar-refractivity contribution in [3.63, 3.8) is 0 Å². The van der Waals surface area contributed by atoms with E-state index in [4.69, 9.17) is 20.8 Å². The number of hydrogen-bond donors (Lipinski definition) is 0. The van der Waals surface area contributed by atoms with E-state index in [9.17, 15) is 0 Å². The first kappa shape index (κ1) is 10.0. The Morgan fingerprint density at radius 1 is 1.36 bits per heavy atom. The summed E-state index contributed by atoms with van der Waals surface area (Å²) in [7, 11) is 0. The standard InChI is InChI=1S/C10H14ClNO2/c1-8(9-2-3-10(11)14-9)12-4-6-13-7-5-12/h2-3,8H,4-7H2,1H3/t8-/m0/s1. The van der Waals surface area contributed by atoms with Crippen LogP contribution in [0.5, 0.6) is 0 Å². The van der Waals surface area contributed by atoms with E-state index in [1.54, 1.807) is 6.07 Å². The van der Waals surface area contributed by atoms with E-state index in [0.717, 1.165) is 32.1 Å². The molecule has 0 amide bonds. The summed E-state index contributed by atoms with van der Waals surface area (Å²) in [5.41, 5.74) is 0. The molecule has 0 saturated carbocycles. The van der Waals surface area contributed by atoms with Gasteiger partial charge >= 0.3 is 0 Å². The van der Waals surface area contributed by atoms with Crippen molar-refractivity contribution in [1.29, 1.82) is 0 Å². The zero-order valence-corrected chi connectivity index (χ0v) is 8.96. The third-order valence-electron chi connectivity index (χ3n) is 2.60. The molecule has 1 aromatic heterocycles. The van der Waals surface area contributed by atoms with Crippen LogP contribution in [-0.4, -0.2) is 31.2 Å². The molecule has 1 saturated heterocycles. The van der Waals surface area contributed by atoms with Crippen LogP contribution >= 0.6 is 11.6 Å². The summed E-state index contributed by atoms with van der Waals surface area (Å²) in [6, 6.07) is 4.00. The predicted octanol–water partition coefficient (Wildman–Crippen LogP) is 2.33. The summed E-state index contributed by atoms with van der Waals surface area (Å²) in [6.45, 7) is 5.65. The molecule has 1 aromatic rings. The number of hydrogen-bond acceptors (Lipinski definition) is 3. The Hall–Kier alpha value is -0.510. The zero-order valence-electron chi connectivity index (χ0n) is 8.20. The highest BCUT2D eigenvalue weighted by atomic mass is 35.5. The first-order valence-corrected chi connectivity index (χ1v) is 5.22. The summed E-state index contributed by atoms with van der Waals surface area (Å²) in [5, 5.41) is 0.458. The van der Waals surface area contributed by atoms with E-state index >= 15 is 0 Å². The minimum atomic E-state index is 0.284. The molecule has 1 atom stereocenters. The molecule has 0 unspecified atom stereocenters. The summed E-state index contributed by atoms with van der Waals surface area (Å²) in [4.78, 5) is 2.33. The lowest BCUT2D eigenvalue weighted by molar-refractivity contribution is 0.0157. The average Bonchev–Trinajstić information content (AvgIpc) is 2.65. The minimum absolute atomic E-state index is 0.284. The van der Waals surface area contributed by atoms with Crippen molar-refractivity contribution >= 4 is 11.6 Å². The summed E-state index contributed by atoms with van der Waals surface area (Å²) in [6.07, 6.45) is 0. The Kier molecular flexibility index (Phi) is 3.11. The maximum atomic E-state index is 5.73. The SMILES string of the molecule is C[C@@H](c1ccc(Cl)o1)N1CCOCC1. The average molecular weight is 216 g/mol. The van der Waals surface area contributed by atoms with E-state index in [2.05, 4.69) is 11.8 Å². The Morgan fingerprint density at radius 3 is 2.64 bits per heavy atom. The van der Waals surface area contributed by atoms with Crippen LogP contribution in [0, 0.1) is 0 Å².